The van der Waals surface area contributed by atoms with E-state index >= 15 is 0 Å². The monoisotopic (exact) mass is 366 g/mol. The van der Waals surface area contributed by atoms with Crippen molar-refractivity contribution in [3.8, 4) is 5.75 Å². The quantitative estimate of drug-likeness (QED) is 0.863. The minimum atomic E-state index is -0.926. The Kier molecular flexibility index (Phi) is 4.87. The first-order valence-corrected chi connectivity index (χ1v) is 8.31. The van der Waals surface area contributed by atoms with Crippen molar-refractivity contribution in [3.63, 3.8) is 0 Å². The number of aliphatic carboxylic acids is 1. The number of carbonyl (C=O) groups is 2. The fourth-order valence-electron chi connectivity index (χ4n) is 3.09. The zero-order valence-electron chi connectivity index (χ0n) is 13.7. The number of hydrogen-bond donors (Lipinski definition) is 2. The van der Waals surface area contributed by atoms with Crippen molar-refractivity contribution < 1.29 is 23.8 Å². The van der Waals surface area contributed by atoms with E-state index in [9.17, 15) is 14.7 Å². The predicted octanol–water partition coefficient (Wildman–Crippen LogP) is 2.36. The molecule has 2 aromatic rings. The number of fused-ring (bicyclic) bond motifs is 1. The summed E-state index contributed by atoms with van der Waals surface area (Å²) in [6, 6.07) is 4.59. The van der Waals surface area contributed by atoms with Gasteiger partial charge in [-0.1, -0.05) is 11.6 Å². The number of methoxy groups -OCH3 is 1. The minimum Gasteiger partial charge on any atom is -0.493 e. The summed E-state index contributed by atoms with van der Waals surface area (Å²) in [5, 5.41) is 10.4. The van der Waals surface area contributed by atoms with Crippen molar-refractivity contribution in [2.75, 3.05) is 20.2 Å². The minimum absolute atomic E-state index is 0.105. The first-order chi connectivity index (χ1) is 11.9. The maximum Gasteiger partial charge on any atom is 0.308 e. The van der Waals surface area contributed by atoms with Crippen molar-refractivity contribution in [1.82, 2.24) is 4.90 Å². The van der Waals surface area contributed by atoms with Gasteiger partial charge in [-0.15, -0.1) is 0 Å². The first kappa shape index (κ1) is 17.6. The van der Waals surface area contributed by atoms with Crippen LogP contribution in [0.2, 0.25) is 5.02 Å². The fourth-order valence-corrected chi connectivity index (χ4v) is 3.30. The number of benzene rings is 1. The number of nitrogens with two attached hydrogens (primary N) is 1. The third-order valence-electron chi connectivity index (χ3n) is 4.40. The molecule has 1 aromatic carbocycles. The van der Waals surface area contributed by atoms with Gasteiger partial charge in [0.2, 0.25) is 0 Å². The van der Waals surface area contributed by atoms with Gasteiger partial charge in [-0.2, -0.15) is 0 Å². The number of hydrogen-bond acceptors (Lipinski definition) is 5. The summed E-state index contributed by atoms with van der Waals surface area (Å²) in [5.41, 5.74) is 6.41. The molecule has 0 radical (unpaired) electrons. The third-order valence-corrected chi connectivity index (χ3v) is 4.61. The van der Waals surface area contributed by atoms with Gasteiger partial charge in [0.1, 0.15) is 0 Å². The average molecular weight is 367 g/mol. The lowest BCUT2D eigenvalue weighted by Gasteiger charge is -2.23. The standard InChI is InChI=1S/C17H19ClN2O5/c1-24-13-6-11(18)4-10-5-14(25-15(10)13)16(21)20-7-9(17(22)23)2-3-12(19)8-20/h4-6,9,12H,2-3,7-8,19H2,1H3,(H,22,23)/t9-,12+/m0/s1. The van der Waals surface area contributed by atoms with E-state index in [0.29, 0.717) is 34.6 Å². The van der Waals surface area contributed by atoms with Crippen LogP contribution in [0, 0.1) is 5.92 Å². The Labute approximate surface area is 149 Å². The molecule has 3 rings (SSSR count). The van der Waals surface area contributed by atoms with E-state index in [0.717, 1.165) is 0 Å². The van der Waals surface area contributed by atoms with E-state index in [-0.39, 0.29) is 24.9 Å². The molecule has 0 spiro atoms. The molecule has 25 heavy (non-hydrogen) atoms. The SMILES string of the molecule is COc1cc(Cl)cc2cc(C(=O)N3C[C@H](N)CC[C@H](C(=O)O)C3)oc12. The van der Waals surface area contributed by atoms with Gasteiger partial charge in [0.15, 0.2) is 17.1 Å². The van der Waals surface area contributed by atoms with E-state index in [1.807, 2.05) is 0 Å². The Bertz CT molecular complexity index is 819. The predicted molar refractivity (Wildman–Crippen MR) is 92.0 cm³/mol. The van der Waals surface area contributed by atoms with Gasteiger partial charge in [0.25, 0.3) is 5.91 Å². The Morgan fingerprint density at radius 3 is 2.76 bits per heavy atom. The number of halogens is 1. The number of ether oxygens (including phenoxy) is 1. The second kappa shape index (κ2) is 6.93. The third kappa shape index (κ3) is 3.57. The number of likely N-dealkylation sites (tertiary alicyclic amines) is 1. The van der Waals surface area contributed by atoms with Crippen molar-refractivity contribution in [2.24, 2.45) is 11.7 Å². The van der Waals surface area contributed by atoms with Crippen LogP contribution in [0.3, 0.4) is 0 Å². The van der Waals surface area contributed by atoms with Crippen LogP contribution >= 0.6 is 11.6 Å². The van der Waals surface area contributed by atoms with Crippen LogP contribution in [-0.4, -0.2) is 48.1 Å². The molecule has 1 aliphatic heterocycles. The van der Waals surface area contributed by atoms with Crippen LogP contribution in [0.1, 0.15) is 23.4 Å². The van der Waals surface area contributed by atoms with Crippen molar-refractivity contribution in [3.05, 3.63) is 29.0 Å². The van der Waals surface area contributed by atoms with Gasteiger partial charge >= 0.3 is 5.97 Å². The molecule has 0 saturated carbocycles. The summed E-state index contributed by atoms with van der Waals surface area (Å²) in [6.45, 7) is 0.397. The lowest BCUT2D eigenvalue weighted by atomic mass is 10.0. The molecular weight excluding hydrogens is 348 g/mol. The Morgan fingerprint density at radius 2 is 2.08 bits per heavy atom. The number of rotatable bonds is 3. The van der Waals surface area contributed by atoms with E-state index in [4.69, 9.17) is 26.5 Å². The van der Waals surface area contributed by atoms with Crippen LogP contribution in [0.4, 0.5) is 0 Å². The Hall–Kier alpha value is -2.25. The molecule has 0 unspecified atom stereocenters. The van der Waals surface area contributed by atoms with Crippen LogP contribution in [0.25, 0.3) is 11.0 Å². The molecule has 8 heteroatoms. The van der Waals surface area contributed by atoms with E-state index < -0.39 is 17.8 Å². The first-order valence-electron chi connectivity index (χ1n) is 7.93. The molecule has 1 saturated heterocycles. The molecule has 1 aliphatic rings. The average Bonchev–Trinajstić information content (AvgIpc) is 2.88. The van der Waals surface area contributed by atoms with Crippen molar-refractivity contribution in [2.45, 2.75) is 18.9 Å². The molecular formula is C17H19ClN2O5. The summed E-state index contributed by atoms with van der Waals surface area (Å²) in [7, 11) is 1.49. The number of nitrogens with zero attached hydrogens (tertiary/aromatic N) is 1. The number of furan rings is 1. The molecule has 0 bridgehead atoms. The van der Waals surface area contributed by atoms with E-state index in [1.54, 1.807) is 18.2 Å². The zero-order valence-corrected chi connectivity index (χ0v) is 14.5. The highest BCUT2D eigenvalue weighted by Gasteiger charge is 2.31. The van der Waals surface area contributed by atoms with Crippen LogP contribution in [0.15, 0.2) is 22.6 Å². The molecule has 7 nitrogen and oxygen atoms in total. The van der Waals surface area contributed by atoms with Crippen molar-refractivity contribution >= 4 is 34.4 Å². The normalized spacial score (nSPS) is 21.2. The maximum absolute atomic E-state index is 12.8. The highest BCUT2D eigenvalue weighted by molar-refractivity contribution is 6.31. The zero-order chi connectivity index (χ0) is 18.1. The number of amides is 1. The molecule has 1 aromatic heterocycles. The lowest BCUT2D eigenvalue weighted by Crippen LogP contribution is -2.41. The molecule has 2 heterocycles. The van der Waals surface area contributed by atoms with Gasteiger partial charge < -0.3 is 24.9 Å². The summed E-state index contributed by atoms with van der Waals surface area (Å²) in [6.07, 6.45) is 1.01. The maximum atomic E-state index is 12.8. The van der Waals surface area contributed by atoms with Crippen LogP contribution in [0.5, 0.6) is 5.75 Å². The van der Waals surface area contributed by atoms with Crippen LogP contribution < -0.4 is 10.5 Å². The van der Waals surface area contributed by atoms with Gasteiger partial charge in [0.05, 0.1) is 13.0 Å². The van der Waals surface area contributed by atoms with E-state index in [1.165, 1.54) is 12.0 Å². The highest BCUT2D eigenvalue weighted by atomic mass is 35.5. The van der Waals surface area contributed by atoms with Crippen LogP contribution in [-0.2, 0) is 4.79 Å². The largest absolute Gasteiger partial charge is 0.493 e. The highest BCUT2D eigenvalue weighted by Crippen LogP contribution is 2.33. The number of carbonyl (C=O) groups excluding carboxylic acids is 1. The molecule has 134 valence electrons. The topological polar surface area (TPSA) is 106 Å². The number of carboxylic acid groups (broad SMARTS) is 1. The second-order valence-electron chi connectivity index (χ2n) is 6.22. The molecule has 2 atom stereocenters. The lowest BCUT2D eigenvalue weighted by molar-refractivity contribution is -0.142. The van der Waals surface area contributed by atoms with Crippen molar-refractivity contribution in [1.29, 1.82) is 0 Å². The summed E-state index contributed by atoms with van der Waals surface area (Å²) in [4.78, 5) is 25.6. The van der Waals surface area contributed by atoms with E-state index in [2.05, 4.69) is 0 Å². The Morgan fingerprint density at radius 1 is 1.32 bits per heavy atom. The number of carboxylic acids is 1. The van der Waals surface area contributed by atoms with Gasteiger partial charge in [-0.25, -0.2) is 0 Å². The van der Waals surface area contributed by atoms with Gasteiger partial charge in [-0.05, 0) is 25.0 Å². The van der Waals surface area contributed by atoms with Gasteiger partial charge in [-0.3, -0.25) is 9.59 Å². The molecule has 1 amide bonds. The van der Waals surface area contributed by atoms with Gasteiger partial charge in [0, 0.05) is 35.6 Å². The smallest absolute Gasteiger partial charge is 0.308 e. The molecule has 3 N–H and O–H groups in total. The summed E-state index contributed by atoms with van der Waals surface area (Å²) in [5.74, 6) is -1.42. The summed E-state index contributed by atoms with van der Waals surface area (Å²) < 4.78 is 10.9. The Balaban J connectivity index is 1.93. The molecule has 1 fully saturated rings. The fraction of sp³-hybridized carbons (Fsp3) is 0.412. The molecule has 0 aliphatic carbocycles. The second-order valence-corrected chi connectivity index (χ2v) is 6.66. The summed E-state index contributed by atoms with van der Waals surface area (Å²) >= 11 is 6.04.